The molecule has 2 atom stereocenters. The summed E-state index contributed by atoms with van der Waals surface area (Å²) in [5, 5.41) is 10.2. The normalized spacial score (nSPS) is 36.3. The Balaban J connectivity index is 1.92. The molecule has 0 amide bonds. The SMILES string of the molecule is CCc1ccc(C2(O)CC3CCC(C2)S3(=O)=O)cc1. The van der Waals surface area contributed by atoms with Gasteiger partial charge in [-0.2, -0.15) is 0 Å². The first-order valence-corrected chi connectivity index (χ1v) is 8.61. The Bertz CT molecular complexity index is 554. The number of benzene rings is 1. The van der Waals surface area contributed by atoms with Crippen LogP contribution < -0.4 is 0 Å². The molecule has 2 unspecified atom stereocenters. The Morgan fingerprint density at radius 3 is 2.16 bits per heavy atom. The van der Waals surface area contributed by atoms with E-state index >= 15 is 0 Å². The molecule has 2 fully saturated rings. The monoisotopic (exact) mass is 280 g/mol. The molecule has 2 bridgehead atoms. The van der Waals surface area contributed by atoms with E-state index in [0.29, 0.717) is 25.7 Å². The van der Waals surface area contributed by atoms with Gasteiger partial charge in [0.15, 0.2) is 9.84 Å². The van der Waals surface area contributed by atoms with Crippen LogP contribution in [0, 0.1) is 0 Å². The first-order chi connectivity index (χ1) is 8.95. The molecular weight excluding hydrogens is 260 g/mol. The van der Waals surface area contributed by atoms with E-state index in [1.54, 1.807) is 0 Å². The Morgan fingerprint density at radius 1 is 1.16 bits per heavy atom. The van der Waals surface area contributed by atoms with E-state index in [2.05, 4.69) is 6.92 Å². The molecule has 3 nitrogen and oxygen atoms in total. The molecule has 3 rings (SSSR count). The van der Waals surface area contributed by atoms with Gasteiger partial charge in [-0.25, -0.2) is 8.42 Å². The summed E-state index contributed by atoms with van der Waals surface area (Å²) >= 11 is 0. The summed E-state index contributed by atoms with van der Waals surface area (Å²) in [6, 6.07) is 7.96. The van der Waals surface area contributed by atoms with Gasteiger partial charge in [-0.1, -0.05) is 31.2 Å². The molecule has 2 aliphatic rings. The number of hydrogen-bond acceptors (Lipinski definition) is 3. The van der Waals surface area contributed by atoms with Crippen LogP contribution in [-0.2, 0) is 21.9 Å². The van der Waals surface area contributed by atoms with E-state index in [1.807, 2.05) is 24.3 Å². The van der Waals surface area contributed by atoms with Crippen molar-refractivity contribution in [1.82, 2.24) is 0 Å². The summed E-state index contributed by atoms with van der Waals surface area (Å²) in [4.78, 5) is 0. The van der Waals surface area contributed by atoms with E-state index in [4.69, 9.17) is 0 Å². The fourth-order valence-corrected chi connectivity index (χ4v) is 6.02. The third kappa shape index (κ3) is 2.01. The van der Waals surface area contributed by atoms with E-state index in [0.717, 1.165) is 12.0 Å². The van der Waals surface area contributed by atoms with Gasteiger partial charge in [0.25, 0.3) is 0 Å². The number of aryl methyl sites for hydroxylation is 1. The zero-order valence-electron chi connectivity index (χ0n) is 11.2. The highest BCUT2D eigenvalue weighted by Crippen LogP contribution is 2.47. The highest BCUT2D eigenvalue weighted by Gasteiger charge is 2.53. The number of aliphatic hydroxyl groups is 1. The highest BCUT2D eigenvalue weighted by molar-refractivity contribution is 7.93. The van der Waals surface area contributed by atoms with Crippen LogP contribution in [-0.4, -0.2) is 24.0 Å². The topological polar surface area (TPSA) is 54.4 Å². The minimum absolute atomic E-state index is 0.345. The van der Waals surface area contributed by atoms with Crippen molar-refractivity contribution in [2.45, 2.75) is 55.1 Å². The van der Waals surface area contributed by atoms with Crippen molar-refractivity contribution in [2.75, 3.05) is 0 Å². The Labute approximate surface area is 114 Å². The second kappa shape index (κ2) is 4.32. The predicted octanol–water partition coefficient (Wildman–Crippen LogP) is 2.18. The largest absolute Gasteiger partial charge is 0.385 e. The second-order valence-electron chi connectivity index (χ2n) is 5.90. The second-order valence-corrected chi connectivity index (χ2v) is 8.41. The molecule has 104 valence electrons. The average molecular weight is 280 g/mol. The fraction of sp³-hybridized carbons (Fsp3) is 0.600. The molecule has 0 radical (unpaired) electrons. The molecular formula is C15H20O3S. The number of fused-ring (bicyclic) bond motifs is 2. The van der Waals surface area contributed by atoms with Crippen LogP contribution in [0.2, 0.25) is 0 Å². The molecule has 2 aliphatic heterocycles. The Kier molecular flexibility index (Phi) is 2.98. The lowest BCUT2D eigenvalue weighted by atomic mass is 9.85. The van der Waals surface area contributed by atoms with Crippen LogP contribution in [0.5, 0.6) is 0 Å². The van der Waals surface area contributed by atoms with Crippen molar-refractivity contribution in [2.24, 2.45) is 0 Å². The Morgan fingerprint density at radius 2 is 1.68 bits per heavy atom. The van der Waals surface area contributed by atoms with Gasteiger partial charge in [0.2, 0.25) is 0 Å². The fourth-order valence-electron chi connectivity index (χ4n) is 3.53. The third-order valence-corrected chi connectivity index (χ3v) is 7.43. The van der Waals surface area contributed by atoms with Gasteiger partial charge in [0.05, 0.1) is 16.1 Å². The summed E-state index contributed by atoms with van der Waals surface area (Å²) in [5.74, 6) is 0. The molecule has 2 saturated heterocycles. The van der Waals surface area contributed by atoms with Gasteiger partial charge in [0, 0.05) is 0 Å². The van der Waals surface area contributed by atoms with Crippen molar-refractivity contribution < 1.29 is 13.5 Å². The Hall–Kier alpha value is -0.870. The molecule has 4 heteroatoms. The van der Waals surface area contributed by atoms with E-state index in [9.17, 15) is 13.5 Å². The quantitative estimate of drug-likeness (QED) is 0.903. The maximum Gasteiger partial charge on any atom is 0.156 e. The maximum absolute atomic E-state index is 12.1. The standard InChI is InChI=1S/C15H20O3S/c1-2-11-3-5-12(6-4-11)15(16)9-13-7-8-14(10-15)19(13,17)18/h3-6,13-14,16H,2,7-10H2,1H3. The predicted molar refractivity (Wildman–Crippen MR) is 74.7 cm³/mol. The minimum atomic E-state index is -2.98. The molecule has 0 spiro atoms. The molecule has 0 aliphatic carbocycles. The number of hydrogen-bond donors (Lipinski definition) is 1. The summed E-state index contributed by atoms with van der Waals surface area (Å²) < 4.78 is 24.2. The van der Waals surface area contributed by atoms with E-state index < -0.39 is 15.4 Å². The summed E-state index contributed by atoms with van der Waals surface area (Å²) in [6.45, 7) is 2.09. The molecule has 0 aromatic heterocycles. The van der Waals surface area contributed by atoms with Crippen molar-refractivity contribution in [1.29, 1.82) is 0 Å². The molecule has 19 heavy (non-hydrogen) atoms. The van der Waals surface area contributed by atoms with E-state index in [1.165, 1.54) is 5.56 Å². The number of sulfone groups is 1. The van der Waals surface area contributed by atoms with Crippen LogP contribution in [0.15, 0.2) is 24.3 Å². The van der Waals surface area contributed by atoms with Gasteiger partial charge >= 0.3 is 0 Å². The van der Waals surface area contributed by atoms with Crippen LogP contribution in [0.1, 0.15) is 43.7 Å². The maximum atomic E-state index is 12.1. The minimum Gasteiger partial charge on any atom is -0.385 e. The lowest BCUT2D eigenvalue weighted by Gasteiger charge is -2.36. The molecule has 1 N–H and O–H groups in total. The van der Waals surface area contributed by atoms with Gasteiger partial charge in [0.1, 0.15) is 0 Å². The molecule has 2 heterocycles. The zero-order chi connectivity index (χ0) is 13.7. The van der Waals surface area contributed by atoms with Crippen molar-refractivity contribution >= 4 is 9.84 Å². The molecule has 1 aromatic carbocycles. The van der Waals surface area contributed by atoms with Crippen molar-refractivity contribution in [3.8, 4) is 0 Å². The van der Waals surface area contributed by atoms with Gasteiger partial charge in [-0.15, -0.1) is 0 Å². The van der Waals surface area contributed by atoms with Crippen LogP contribution >= 0.6 is 0 Å². The first-order valence-electron chi connectivity index (χ1n) is 7.00. The van der Waals surface area contributed by atoms with Gasteiger partial charge in [-0.3, -0.25) is 0 Å². The van der Waals surface area contributed by atoms with Gasteiger partial charge in [-0.05, 0) is 43.2 Å². The van der Waals surface area contributed by atoms with Crippen LogP contribution in [0.3, 0.4) is 0 Å². The third-order valence-electron chi connectivity index (χ3n) is 4.77. The summed E-state index contributed by atoms with van der Waals surface area (Å²) in [5.41, 5.74) is 1.15. The molecule has 1 aromatic rings. The van der Waals surface area contributed by atoms with Crippen LogP contribution in [0.25, 0.3) is 0 Å². The van der Waals surface area contributed by atoms with E-state index in [-0.39, 0.29) is 10.5 Å². The summed E-state index contributed by atoms with van der Waals surface area (Å²) in [7, 11) is -2.98. The lowest BCUT2D eigenvalue weighted by Crippen LogP contribution is -2.43. The average Bonchev–Trinajstić information content (AvgIpc) is 2.58. The molecule has 0 saturated carbocycles. The highest BCUT2D eigenvalue weighted by atomic mass is 32.2. The smallest absolute Gasteiger partial charge is 0.156 e. The van der Waals surface area contributed by atoms with Gasteiger partial charge < -0.3 is 5.11 Å². The van der Waals surface area contributed by atoms with Crippen molar-refractivity contribution in [3.05, 3.63) is 35.4 Å². The van der Waals surface area contributed by atoms with Crippen molar-refractivity contribution in [3.63, 3.8) is 0 Å². The first kappa shape index (κ1) is 13.1. The summed E-state index contributed by atoms with van der Waals surface area (Å²) in [6.07, 6.45) is 3.11. The zero-order valence-corrected chi connectivity index (χ0v) is 12.0. The van der Waals surface area contributed by atoms with Crippen LogP contribution in [0.4, 0.5) is 0 Å². The number of rotatable bonds is 2. The lowest BCUT2D eigenvalue weighted by molar-refractivity contribution is 0.0173.